The molecule has 0 aliphatic carbocycles. The van der Waals surface area contributed by atoms with Crippen molar-refractivity contribution in [2.75, 3.05) is 20.7 Å². The number of amides is 1. The fourth-order valence-corrected chi connectivity index (χ4v) is 1.33. The smallest absolute Gasteiger partial charge is 0.225 e. The third-order valence-electron chi connectivity index (χ3n) is 2.39. The zero-order chi connectivity index (χ0) is 12.0. The molecule has 0 bridgehead atoms. The van der Waals surface area contributed by atoms with Crippen LogP contribution < -0.4 is 4.74 Å². The molecule has 0 N–H and O–H groups in total. The van der Waals surface area contributed by atoms with Gasteiger partial charge >= 0.3 is 0 Å². The maximum atomic E-state index is 11.3. The molecule has 16 heavy (non-hydrogen) atoms. The highest BCUT2D eigenvalue weighted by Crippen LogP contribution is 2.13. The average Bonchev–Trinajstić information content (AvgIpc) is 2.29. The lowest BCUT2D eigenvalue weighted by Crippen LogP contribution is -2.23. The van der Waals surface area contributed by atoms with E-state index in [1.54, 1.807) is 19.0 Å². The summed E-state index contributed by atoms with van der Waals surface area (Å²) >= 11 is 0. The molecule has 0 aromatic heterocycles. The van der Waals surface area contributed by atoms with E-state index < -0.39 is 0 Å². The summed E-state index contributed by atoms with van der Waals surface area (Å²) < 4.78 is 5.52. The standard InChI is InChI=1S/C13H19NO2/c1-4-11-6-5-7-12(10-11)16-9-8-13(15)14(2)3/h5-7,10H,4,8-9H2,1-3H3. The third kappa shape index (κ3) is 3.93. The number of hydrogen-bond acceptors (Lipinski definition) is 2. The zero-order valence-corrected chi connectivity index (χ0v) is 10.2. The Hall–Kier alpha value is -1.51. The van der Waals surface area contributed by atoms with Crippen molar-refractivity contribution in [3.8, 4) is 5.75 Å². The lowest BCUT2D eigenvalue weighted by Gasteiger charge is -2.11. The topological polar surface area (TPSA) is 29.5 Å². The van der Waals surface area contributed by atoms with Crippen molar-refractivity contribution in [2.45, 2.75) is 19.8 Å². The molecule has 88 valence electrons. The molecule has 0 saturated carbocycles. The molecule has 1 rings (SSSR count). The number of nitrogens with zero attached hydrogens (tertiary/aromatic N) is 1. The predicted octanol–water partition coefficient (Wildman–Crippen LogP) is 2.11. The maximum Gasteiger partial charge on any atom is 0.225 e. The van der Waals surface area contributed by atoms with Crippen molar-refractivity contribution in [3.05, 3.63) is 29.8 Å². The summed E-state index contributed by atoms with van der Waals surface area (Å²) in [6, 6.07) is 7.97. The van der Waals surface area contributed by atoms with Gasteiger partial charge in [0.15, 0.2) is 0 Å². The van der Waals surface area contributed by atoms with Gasteiger partial charge in [0.25, 0.3) is 0 Å². The van der Waals surface area contributed by atoms with Gasteiger partial charge in [0.1, 0.15) is 5.75 Å². The molecule has 1 aromatic rings. The monoisotopic (exact) mass is 221 g/mol. The Balaban J connectivity index is 2.40. The zero-order valence-electron chi connectivity index (χ0n) is 10.2. The lowest BCUT2D eigenvalue weighted by molar-refractivity contribution is -0.129. The number of ether oxygens (including phenoxy) is 1. The van der Waals surface area contributed by atoms with E-state index in [0.717, 1.165) is 12.2 Å². The first-order valence-corrected chi connectivity index (χ1v) is 5.55. The third-order valence-corrected chi connectivity index (χ3v) is 2.39. The second-order valence-electron chi connectivity index (χ2n) is 3.89. The maximum absolute atomic E-state index is 11.3. The minimum Gasteiger partial charge on any atom is -0.493 e. The molecule has 0 unspecified atom stereocenters. The number of carbonyl (C=O) groups excluding carboxylic acids is 1. The Kier molecular flexibility index (Phi) is 4.83. The van der Waals surface area contributed by atoms with E-state index in [1.807, 2.05) is 18.2 Å². The van der Waals surface area contributed by atoms with Gasteiger partial charge < -0.3 is 9.64 Å². The van der Waals surface area contributed by atoms with Crippen LogP contribution in [0.4, 0.5) is 0 Å². The van der Waals surface area contributed by atoms with Gasteiger partial charge in [0.2, 0.25) is 5.91 Å². The summed E-state index contributed by atoms with van der Waals surface area (Å²) in [6.07, 6.45) is 1.41. The Morgan fingerprint density at radius 2 is 2.12 bits per heavy atom. The molecule has 0 aliphatic rings. The number of hydrogen-bond donors (Lipinski definition) is 0. The van der Waals surface area contributed by atoms with E-state index in [9.17, 15) is 4.79 Å². The molecular weight excluding hydrogens is 202 g/mol. The molecule has 0 saturated heterocycles. The Morgan fingerprint density at radius 1 is 1.38 bits per heavy atom. The van der Waals surface area contributed by atoms with Crippen LogP contribution in [0, 0.1) is 0 Å². The number of carbonyl (C=O) groups is 1. The van der Waals surface area contributed by atoms with Gasteiger partial charge in [-0.05, 0) is 24.1 Å². The molecule has 0 spiro atoms. The van der Waals surface area contributed by atoms with Crippen LogP contribution in [-0.4, -0.2) is 31.5 Å². The van der Waals surface area contributed by atoms with E-state index in [2.05, 4.69) is 13.0 Å². The van der Waals surface area contributed by atoms with E-state index in [4.69, 9.17) is 4.74 Å². The summed E-state index contributed by atoms with van der Waals surface area (Å²) in [7, 11) is 3.50. The van der Waals surface area contributed by atoms with Crippen molar-refractivity contribution >= 4 is 5.91 Å². The largest absolute Gasteiger partial charge is 0.493 e. The van der Waals surface area contributed by atoms with Crippen molar-refractivity contribution in [1.29, 1.82) is 0 Å². The van der Waals surface area contributed by atoms with Crippen molar-refractivity contribution < 1.29 is 9.53 Å². The molecule has 3 heteroatoms. The van der Waals surface area contributed by atoms with Crippen LogP contribution in [0.25, 0.3) is 0 Å². The quantitative estimate of drug-likeness (QED) is 0.762. The van der Waals surface area contributed by atoms with E-state index >= 15 is 0 Å². The van der Waals surface area contributed by atoms with E-state index in [-0.39, 0.29) is 5.91 Å². The Labute approximate surface area is 97.0 Å². The van der Waals surface area contributed by atoms with Gasteiger partial charge in [-0.15, -0.1) is 0 Å². The summed E-state index contributed by atoms with van der Waals surface area (Å²) in [6.45, 7) is 2.54. The van der Waals surface area contributed by atoms with Crippen LogP contribution in [0.2, 0.25) is 0 Å². The van der Waals surface area contributed by atoms with Gasteiger partial charge in [-0.3, -0.25) is 4.79 Å². The van der Waals surface area contributed by atoms with Crippen LogP contribution in [-0.2, 0) is 11.2 Å². The number of rotatable bonds is 5. The highest BCUT2D eigenvalue weighted by Gasteiger charge is 2.03. The molecule has 3 nitrogen and oxygen atoms in total. The molecule has 0 heterocycles. The van der Waals surface area contributed by atoms with Crippen LogP contribution in [0.1, 0.15) is 18.9 Å². The van der Waals surface area contributed by atoms with Crippen molar-refractivity contribution in [2.24, 2.45) is 0 Å². The van der Waals surface area contributed by atoms with Gasteiger partial charge in [-0.25, -0.2) is 0 Å². The molecule has 0 radical (unpaired) electrons. The molecule has 1 amide bonds. The summed E-state index contributed by atoms with van der Waals surface area (Å²) in [5.41, 5.74) is 1.25. The van der Waals surface area contributed by atoms with Gasteiger partial charge in [-0.2, -0.15) is 0 Å². The Bertz CT molecular complexity index is 348. The molecule has 1 aromatic carbocycles. The summed E-state index contributed by atoms with van der Waals surface area (Å²) in [5, 5.41) is 0. The second-order valence-corrected chi connectivity index (χ2v) is 3.89. The number of benzene rings is 1. The summed E-state index contributed by atoms with van der Waals surface area (Å²) in [5.74, 6) is 0.928. The fraction of sp³-hybridized carbons (Fsp3) is 0.462. The highest BCUT2D eigenvalue weighted by molar-refractivity contribution is 5.75. The van der Waals surface area contributed by atoms with Crippen molar-refractivity contribution in [3.63, 3.8) is 0 Å². The molecule has 0 fully saturated rings. The molecule has 0 aliphatic heterocycles. The first-order chi connectivity index (χ1) is 7.63. The Morgan fingerprint density at radius 3 is 2.75 bits per heavy atom. The van der Waals surface area contributed by atoms with E-state index in [0.29, 0.717) is 13.0 Å². The van der Waals surface area contributed by atoms with Crippen LogP contribution in [0.15, 0.2) is 24.3 Å². The second kappa shape index (κ2) is 6.16. The van der Waals surface area contributed by atoms with Gasteiger partial charge in [0.05, 0.1) is 13.0 Å². The fourth-order valence-electron chi connectivity index (χ4n) is 1.33. The molecular formula is C13H19NO2. The normalized spacial score (nSPS) is 9.94. The minimum absolute atomic E-state index is 0.0895. The first kappa shape index (κ1) is 12.6. The summed E-state index contributed by atoms with van der Waals surface area (Å²) in [4.78, 5) is 12.9. The number of aryl methyl sites for hydroxylation is 1. The average molecular weight is 221 g/mol. The van der Waals surface area contributed by atoms with Gasteiger partial charge in [-0.1, -0.05) is 19.1 Å². The lowest BCUT2D eigenvalue weighted by atomic mass is 10.2. The van der Waals surface area contributed by atoms with Crippen LogP contribution in [0.3, 0.4) is 0 Å². The highest BCUT2D eigenvalue weighted by atomic mass is 16.5. The minimum atomic E-state index is 0.0895. The van der Waals surface area contributed by atoms with Crippen molar-refractivity contribution in [1.82, 2.24) is 4.90 Å². The predicted molar refractivity (Wildman–Crippen MR) is 64.6 cm³/mol. The first-order valence-electron chi connectivity index (χ1n) is 5.55. The van der Waals surface area contributed by atoms with Crippen LogP contribution in [0.5, 0.6) is 5.75 Å². The SMILES string of the molecule is CCc1cccc(OCCC(=O)N(C)C)c1. The molecule has 0 atom stereocenters. The van der Waals surface area contributed by atoms with Crippen LogP contribution >= 0.6 is 0 Å². The van der Waals surface area contributed by atoms with E-state index in [1.165, 1.54) is 5.56 Å². The van der Waals surface area contributed by atoms with Gasteiger partial charge in [0, 0.05) is 14.1 Å².